The van der Waals surface area contributed by atoms with E-state index in [9.17, 15) is 0 Å². The number of hydrogen-bond acceptors (Lipinski definition) is 2. The minimum Gasteiger partial charge on any atom is -0.497 e. The molecule has 0 radical (unpaired) electrons. The predicted molar refractivity (Wildman–Crippen MR) is 84.8 cm³/mol. The summed E-state index contributed by atoms with van der Waals surface area (Å²) in [4.78, 5) is 3.30. The van der Waals surface area contributed by atoms with E-state index in [4.69, 9.17) is 17.0 Å². The minimum absolute atomic E-state index is 0.763. The molecule has 0 amide bonds. The zero-order valence-corrected chi connectivity index (χ0v) is 13.0. The SMILES string of the molecule is COc1ccc2c(c1)[nH]c(=S)n2CC1CCC(C)CC1. The quantitative estimate of drug-likeness (QED) is 0.841. The molecule has 20 heavy (non-hydrogen) atoms. The summed E-state index contributed by atoms with van der Waals surface area (Å²) in [5.74, 6) is 2.53. The molecular formula is C16H22N2OS. The molecule has 1 aromatic carbocycles. The van der Waals surface area contributed by atoms with E-state index in [0.717, 1.165) is 34.4 Å². The second-order valence-corrected chi connectivity index (χ2v) is 6.44. The molecule has 4 heteroatoms. The molecule has 1 saturated carbocycles. The van der Waals surface area contributed by atoms with Gasteiger partial charge < -0.3 is 14.3 Å². The van der Waals surface area contributed by atoms with E-state index in [1.807, 2.05) is 12.1 Å². The highest BCUT2D eigenvalue weighted by Gasteiger charge is 2.19. The molecule has 1 aliphatic rings. The van der Waals surface area contributed by atoms with Crippen LogP contribution in [-0.2, 0) is 6.54 Å². The summed E-state index contributed by atoms with van der Waals surface area (Å²) in [6.07, 6.45) is 5.36. The highest BCUT2D eigenvalue weighted by Crippen LogP contribution is 2.30. The van der Waals surface area contributed by atoms with Gasteiger partial charge >= 0.3 is 0 Å². The molecule has 108 valence electrons. The van der Waals surface area contributed by atoms with Gasteiger partial charge in [0, 0.05) is 12.6 Å². The molecule has 3 nitrogen and oxygen atoms in total. The Bertz CT molecular complexity index is 650. The van der Waals surface area contributed by atoms with Crippen LogP contribution in [0.2, 0.25) is 0 Å². The Hall–Kier alpha value is -1.29. The van der Waals surface area contributed by atoms with E-state index < -0.39 is 0 Å². The van der Waals surface area contributed by atoms with Gasteiger partial charge in [-0.1, -0.05) is 19.8 Å². The molecule has 3 rings (SSSR count). The average Bonchev–Trinajstić information content (AvgIpc) is 2.76. The Balaban J connectivity index is 1.87. The lowest BCUT2D eigenvalue weighted by Crippen LogP contribution is -2.17. The number of benzene rings is 1. The first-order valence-electron chi connectivity index (χ1n) is 7.44. The Labute approximate surface area is 125 Å². The highest BCUT2D eigenvalue weighted by atomic mass is 32.1. The van der Waals surface area contributed by atoms with Crippen molar-refractivity contribution in [3.8, 4) is 5.75 Å². The van der Waals surface area contributed by atoms with Crippen molar-refractivity contribution in [1.29, 1.82) is 0 Å². The van der Waals surface area contributed by atoms with E-state index in [-0.39, 0.29) is 0 Å². The van der Waals surface area contributed by atoms with Gasteiger partial charge in [0.1, 0.15) is 5.75 Å². The van der Waals surface area contributed by atoms with Crippen molar-refractivity contribution in [1.82, 2.24) is 9.55 Å². The van der Waals surface area contributed by atoms with E-state index in [1.54, 1.807) is 7.11 Å². The van der Waals surface area contributed by atoms with Crippen molar-refractivity contribution in [3.63, 3.8) is 0 Å². The van der Waals surface area contributed by atoms with Crippen LogP contribution in [-0.4, -0.2) is 16.7 Å². The molecule has 1 N–H and O–H groups in total. The van der Waals surface area contributed by atoms with Crippen LogP contribution in [0.15, 0.2) is 18.2 Å². The van der Waals surface area contributed by atoms with Crippen molar-refractivity contribution in [2.24, 2.45) is 11.8 Å². The van der Waals surface area contributed by atoms with E-state index in [1.165, 1.54) is 31.2 Å². The third-order valence-corrected chi connectivity index (χ3v) is 4.88. The molecule has 1 aliphatic carbocycles. The standard InChI is InChI=1S/C16H22N2OS/c1-11-3-5-12(6-4-11)10-18-15-8-7-13(19-2)9-14(15)17-16(18)20/h7-9,11-12H,3-6,10H2,1-2H3,(H,17,20). The van der Waals surface area contributed by atoms with Crippen molar-refractivity contribution in [2.75, 3.05) is 7.11 Å². The van der Waals surface area contributed by atoms with Gasteiger partial charge in [0.2, 0.25) is 0 Å². The number of aromatic nitrogens is 2. The maximum absolute atomic E-state index is 5.49. The molecule has 0 unspecified atom stereocenters. The molecule has 0 aliphatic heterocycles. The highest BCUT2D eigenvalue weighted by molar-refractivity contribution is 7.71. The van der Waals surface area contributed by atoms with Crippen LogP contribution in [0.4, 0.5) is 0 Å². The van der Waals surface area contributed by atoms with Crippen molar-refractivity contribution >= 4 is 23.3 Å². The molecule has 1 heterocycles. The lowest BCUT2D eigenvalue weighted by atomic mass is 9.83. The van der Waals surface area contributed by atoms with Crippen molar-refractivity contribution < 1.29 is 4.74 Å². The summed E-state index contributed by atoms with van der Waals surface area (Å²) in [6.45, 7) is 3.40. The van der Waals surface area contributed by atoms with Gasteiger partial charge in [-0.05, 0) is 49.0 Å². The number of aromatic amines is 1. The van der Waals surface area contributed by atoms with Gasteiger partial charge in [0.05, 0.1) is 18.1 Å². The third-order valence-electron chi connectivity index (χ3n) is 4.56. The number of methoxy groups -OCH3 is 1. The van der Waals surface area contributed by atoms with Crippen LogP contribution in [0.1, 0.15) is 32.6 Å². The number of imidazole rings is 1. The normalized spacial score (nSPS) is 23.1. The first kappa shape index (κ1) is 13.7. The number of nitrogens with one attached hydrogen (secondary N) is 1. The van der Waals surface area contributed by atoms with Gasteiger partial charge in [-0.25, -0.2) is 0 Å². The number of nitrogens with zero attached hydrogens (tertiary/aromatic N) is 1. The maximum atomic E-state index is 5.49. The smallest absolute Gasteiger partial charge is 0.178 e. The molecule has 0 saturated heterocycles. The van der Waals surface area contributed by atoms with Crippen molar-refractivity contribution in [2.45, 2.75) is 39.2 Å². The van der Waals surface area contributed by atoms with E-state index in [0.29, 0.717) is 0 Å². The number of H-pyrrole nitrogens is 1. The van der Waals surface area contributed by atoms with Crippen LogP contribution in [0.3, 0.4) is 0 Å². The Morgan fingerprint density at radius 2 is 2.05 bits per heavy atom. The molecule has 2 aromatic rings. The number of hydrogen-bond donors (Lipinski definition) is 1. The first-order valence-corrected chi connectivity index (χ1v) is 7.84. The van der Waals surface area contributed by atoms with Gasteiger partial charge in [0.15, 0.2) is 4.77 Å². The third kappa shape index (κ3) is 2.62. The summed E-state index contributed by atoms with van der Waals surface area (Å²) in [6, 6.07) is 6.13. The second-order valence-electron chi connectivity index (χ2n) is 6.05. The van der Waals surface area contributed by atoms with Gasteiger partial charge in [-0.15, -0.1) is 0 Å². The van der Waals surface area contributed by atoms with E-state index >= 15 is 0 Å². The van der Waals surface area contributed by atoms with Gasteiger partial charge in [-0.3, -0.25) is 0 Å². The molecule has 0 bridgehead atoms. The Kier molecular flexibility index (Phi) is 3.83. The van der Waals surface area contributed by atoms with E-state index in [2.05, 4.69) is 22.5 Å². The monoisotopic (exact) mass is 290 g/mol. The number of rotatable bonds is 3. The van der Waals surface area contributed by atoms with Crippen LogP contribution in [0.25, 0.3) is 11.0 Å². The minimum atomic E-state index is 0.763. The summed E-state index contributed by atoms with van der Waals surface area (Å²) in [5.41, 5.74) is 2.26. The Morgan fingerprint density at radius 1 is 1.30 bits per heavy atom. The fourth-order valence-corrected chi connectivity index (χ4v) is 3.50. The van der Waals surface area contributed by atoms with Crippen molar-refractivity contribution in [3.05, 3.63) is 23.0 Å². The van der Waals surface area contributed by atoms with Crippen LogP contribution < -0.4 is 4.74 Å². The fourth-order valence-electron chi connectivity index (χ4n) is 3.22. The first-order chi connectivity index (χ1) is 9.67. The summed E-state index contributed by atoms with van der Waals surface area (Å²) < 4.78 is 8.35. The predicted octanol–water partition coefficient (Wildman–Crippen LogP) is 4.53. The zero-order chi connectivity index (χ0) is 14.1. The molecular weight excluding hydrogens is 268 g/mol. The number of ether oxygens (including phenoxy) is 1. The van der Waals surface area contributed by atoms with Gasteiger partial charge in [-0.2, -0.15) is 0 Å². The van der Waals surface area contributed by atoms with Gasteiger partial charge in [0.25, 0.3) is 0 Å². The second kappa shape index (κ2) is 5.60. The number of fused-ring (bicyclic) bond motifs is 1. The lowest BCUT2D eigenvalue weighted by Gasteiger charge is -2.26. The fraction of sp³-hybridized carbons (Fsp3) is 0.562. The molecule has 1 aromatic heterocycles. The van der Waals surface area contributed by atoms with Crippen LogP contribution >= 0.6 is 12.2 Å². The topological polar surface area (TPSA) is 29.9 Å². The molecule has 0 atom stereocenters. The Morgan fingerprint density at radius 3 is 2.75 bits per heavy atom. The maximum Gasteiger partial charge on any atom is 0.178 e. The summed E-state index contributed by atoms with van der Waals surface area (Å²) >= 11 is 5.49. The summed E-state index contributed by atoms with van der Waals surface area (Å²) in [7, 11) is 1.69. The van der Waals surface area contributed by atoms with Crippen LogP contribution in [0.5, 0.6) is 5.75 Å². The lowest BCUT2D eigenvalue weighted by molar-refractivity contribution is 0.266. The molecule has 0 spiro atoms. The molecule has 1 fully saturated rings. The average molecular weight is 290 g/mol. The summed E-state index contributed by atoms with van der Waals surface area (Å²) in [5, 5.41) is 0. The largest absolute Gasteiger partial charge is 0.497 e. The zero-order valence-electron chi connectivity index (χ0n) is 12.2. The van der Waals surface area contributed by atoms with Crippen LogP contribution in [0, 0.1) is 16.6 Å².